The standard InChI is InChI=1S/C20H13F2N5O/c21-16-6-3-13(9-17(16)22)7-8-28-19-12-24-11-18-25-26-20(27(18)19)15-4-1-14(10-23)2-5-15/h1-6,9,11-12H,7-8H2. The van der Waals surface area contributed by atoms with Gasteiger partial charge in [0.25, 0.3) is 0 Å². The lowest BCUT2D eigenvalue weighted by Gasteiger charge is -2.10. The van der Waals surface area contributed by atoms with Crippen molar-refractivity contribution in [1.29, 1.82) is 5.26 Å². The van der Waals surface area contributed by atoms with Gasteiger partial charge in [-0.2, -0.15) is 5.26 Å². The Labute approximate surface area is 158 Å². The third kappa shape index (κ3) is 3.38. The van der Waals surface area contributed by atoms with Crippen LogP contribution in [-0.2, 0) is 6.42 Å². The van der Waals surface area contributed by atoms with Gasteiger partial charge >= 0.3 is 0 Å². The van der Waals surface area contributed by atoms with Crippen molar-refractivity contribution < 1.29 is 13.5 Å². The van der Waals surface area contributed by atoms with E-state index in [1.54, 1.807) is 34.9 Å². The van der Waals surface area contributed by atoms with Crippen LogP contribution in [0.3, 0.4) is 0 Å². The van der Waals surface area contributed by atoms with Crippen LogP contribution in [0.1, 0.15) is 11.1 Å². The minimum atomic E-state index is -0.886. The summed E-state index contributed by atoms with van der Waals surface area (Å²) >= 11 is 0. The molecule has 0 spiro atoms. The number of rotatable bonds is 5. The van der Waals surface area contributed by atoms with Crippen LogP contribution in [0.15, 0.2) is 54.9 Å². The second-order valence-electron chi connectivity index (χ2n) is 6.00. The molecule has 0 aliphatic rings. The Kier molecular flexibility index (Phi) is 4.64. The molecule has 0 aliphatic carbocycles. The molecular weight excluding hydrogens is 364 g/mol. The molecule has 0 atom stereocenters. The lowest BCUT2D eigenvalue weighted by atomic mass is 10.1. The van der Waals surface area contributed by atoms with Crippen LogP contribution < -0.4 is 4.74 Å². The summed E-state index contributed by atoms with van der Waals surface area (Å²) in [6, 6.07) is 12.8. The maximum Gasteiger partial charge on any atom is 0.220 e. The van der Waals surface area contributed by atoms with E-state index in [-0.39, 0.29) is 6.61 Å². The number of ether oxygens (including phenoxy) is 1. The Bertz CT molecular complexity index is 1180. The van der Waals surface area contributed by atoms with Crippen molar-refractivity contribution in [3.05, 3.63) is 77.6 Å². The van der Waals surface area contributed by atoms with Crippen LogP contribution in [0, 0.1) is 23.0 Å². The highest BCUT2D eigenvalue weighted by Gasteiger charge is 2.13. The van der Waals surface area contributed by atoms with Gasteiger partial charge in [0.1, 0.15) is 0 Å². The first-order chi connectivity index (χ1) is 13.7. The molecule has 8 heteroatoms. The molecule has 2 aromatic carbocycles. The molecule has 0 bridgehead atoms. The van der Waals surface area contributed by atoms with Crippen molar-refractivity contribution in [2.24, 2.45) is 0 Å². The van der Waals surface area contributed by atoms with Gasteiger partial charge in [0.2, 0.25) is 5.88 Å². The first-order valence-electron chi connectivity index (χ1n) is 8.42. The SMILES string of the molecule is N#Cc1ccc(-c2nnc3cncc(OCCc4ccc(F)c(F)c4)n23)cc1. The topological polar surface area (TPSA) is 76.1 Å². The number of benzene rings is 2. The van der Waals surface area contributed by atoms with Crippen LogP contribution in [0.5, 0.6) is 5.88 Å². The molecule has 0 N–H and O–H groups in total. The van der Waals surface area contributed by atoms with Gasteiger partial charge in [-0.05, 0) is 42.0 Å². The number of halogens is 2. The van der Waals surface area contributed by atoms with Crippen LogP contribution in [0.4, 0.5) is 8.78 Å². The molecule has 4 rings (SSSR count). The van der Waals surface area contributed by atoms with E-state index in [4.69, 9.17) is 10.00 Å². The molecule has 2 heterocycles. The summed E-state index contributed by atoms with van der Waals surface area (Å²) in [5, 5.41) is 17.2. The lowest BCUT2D eigenvalue weighted by molar-refractivity contribution is 0.304. The monoisotopic (exact) mass is 377 g/mol. The second kappa shape index (κ2) is 7.40. The van der Waals surface area contributed by atoms with E-state index in [0.717, 1.165) is 17.7 Å². The molecule has 0 saturated carbocycles. The minimum Gasteiger partial charge on any atom is -0.477 e. The third-order valence-corrected chi connectivity index (χ3v) is 4.18. The van der Waals surface area contributed by atoms with E-state index in [9.17, 15) is 8.78 Å². The van der Waals surface area contributed by atoms with Crippen molar-refractivity contribution in [2.75, 3.05) is 6.61 Å². The Morgan fingerprint density at radius 1 is 1.00 bits per heavy atom. The van der Waals surface area contributed by atoms with E-state index >= 15 is 0 Å². The summed E-state index contributed by atoms with van der Waals surface area (Å²) in [4.78, 5) is 4.10. The quantitative estimate of drug-likeness (QED) is 0.532. The summed E-state index contributed by atoms with van der Waals surface area (Å²) in [5.74, 6) is -0.799. The summed E-state index contributed by atoms with van der Waals surface area (Å²) in [6.45, 7) is 0.233. The number of hydrogen-bond acceptors (Lipinski definition) is 5. The van der Waals surface area contributed by atoms with Gasteiger partial charge in [0.05, 0.1) is 30.6 Å². The minimum absolute atomic E-state index is 0.233. The Balaban J connectivity index is 1.59. The van der Waals surface area contributed by atoms with Gasteiger partial charge in [-0.1, -0.05) is 6.07 Å². The number of hydrogen-bond donors (Lipinski definition) is 0. The maximum atomic E-state index is 13.3. The van der Waals surface area contributed by atoms with Gasteiger partial charge in [-0.25, -0.2) is 13.2 Å². The van der Waals surface area contributed by atoms with Crippen molar-refractivity contribution in [3.63, 3.8) is 0 Å². The van der Waals surface area contributed by atoms with Crippen molar-refractivity contribution in [3.8, 4) is 23.3 Å². The van der Waals surface area contributed by atoms with Crippen LogP contribution >= 0.6 is 0 Å². The molecule has 0 radical (unpaired) electrons. The van der Waals surface area contributed by atoms with E-state index < -0.39 is 11.6 Å². The highest BCUT2D eigenvalue weighted by Crippen LogP contribution is 2.23. The van der Waals surface area contributed by atoms with Crippen molar-refractivity contribution in [1.82, 2.24) is 19.6 Å². The molecule has 0 aliphatic heterocycles. The zero-order chi connectivity index (χ0) is 19.5. The molecule has 0 amide bonds. The first kappa shape index (κ1) is 17.5. The lowest BCUT2D eigenvalue weighted by Crippen LogP contribution is -2.06. The molecule has 138 valence electrons. The average Bonchev–Trinajstić information content (AvgIpc) is 3.16. The summed E-state index contributed by atoms with van der Waals surface area (Å²) in [6.07, 6.45) is 3.49. The second-order valence-corrected chi connectivity index (χ2v) is 6.00. The number of aromatic nitrogens is 4. The predicted molar refractivity (Wildman–Crippen MR) is 96.5 cm³/mol. The zero-order valence-corrected chi connectivity index (χ0v) is 14.5. The normalized spacial score (nSPS) is 10.8. The fourth-order valence-corrected chi connectivity index (χ4v) is 2.77. The molecule has 0 fully saturated rings. The summed E-state index contributed by atoms with van der Waals surface area (Å²) in [5.41, 5.74) is 2.44. The summed E-state index contributed by atoms with van der Waals surface area (Å²) < 4.78 is 33.9. The molecule has 28 heavy (non-hydrogen) atoms. The van der Waals surface area contributed by atoms with Crippen molar-refractivity contribution in [2.45, 2.75) is 6.42 Å². The van der Waals surface area contributed by atoms with E-state index in [2.05, 4.69) is 21.3 Å². The zero-order valence-electron chi connectivity index (χ0n) is 14.5. The average molecular weight is 377 g/mol. The van der Waals surface area contributed by atoms with Gasteiger partial charge in [0.15, 0.2) is 23.1 Å². The molecule has 4 aromatic rings. The number of fused-ring (bicyclic) bond motifs is 1. The third-order valence-electron chi connectivity index (χ3n) is 4.18. The first-order valence-corrected chi connectivity index (χ1v) is 8.42. The van der Waals surface area contributed by atoms with E-state index in [0.29, 0.717) is 34.9 Å². The smallest absolute Gasteiger partial charge is 0.220 e. The molecule has 0 unspecified atom stereocenters. The maximum absolute atomic E-state index is 13.3. The highest BCUT2D eigenvalue weighted by atomic mass is 19.2. The Morgan fingerprint density at radius 3 is 2.57 bits per heavy atom. The Morgan fingerprint density at radius 2 is 1.82 bits per heavy atom. The van der Waals surface area contributed by atoms with Crippen LogP contribution in [0.25, 0.3) is 17.0 Å². The molecule has 2 aromatic heterocycles. The van der Waals surface area contributed by atoms with Crippen molar-refractivity contribution >= 4 is 5.65 Å². The number of nitriles is 1. The van der Waals surface area contributed by atoms with Gasteiger partial charge in [0, 0.05) is 12.0 Å². The fourth-order valence-electron chi connectivity index (χ4n) is 2.77. The molecule has 6 nitrogen and oxygen atoms in total. The molecular formula is C20H13F2N5O. The largest absolute Gasteiger partial charge is 0.477 e. The van der Waals surface area contributed by atoms with Gasteiger partial charge < -0.3 is 4.74 Å². The summed E-state index contributed by atoms with van der Waals surface area (Å²) in [7, 11) is 0. The van der Waals surface area contributed by atoms with Gasteiger partial charge in [-0.3, -0.25) is 4.98 Å². The highest BCUT2D eigenvalue weighted by molar-refractivity contribution is 5.61. The van der Waals surface area contributed by atoms with Crippen LogP contribution in [-0.4, -0.2) is 26.2 Å². The van der Waals surface area contributed by atoms with Crippen LogP contribution in [0.2, 0.25) is 0 Å². The molecule has 0 saturated heterocycles. The van der Waals surface area contributed by atoms with Gasteiger partial charge in [-0.15, -0.1) is 10.2 Å². The number of nitrogens with zero attached hydrogens (tertiary/aromatic N) is 5. The fraction of sp³-hybridized carbons (Fsp3) is 0.100. The predicted octanol–water partition coefficient (Wildman–Crippen LogP) is 3.56. The Hall–Kier alpha value is -3.86. The van der Waals surface area contributed by atoms with E-state index in [1.165, 1.54) is 12.3 Å². The van der Waals surface area contributed by atoms with E-state index in [1.807, 2.05) is 0 Å².